The first-order chi connectivity index (χ1) is 13.8. The zero-order valence-electron chi connectivity index (χ0n) is 16.2. The van der Waals surface area contributed by atoms with Gasteiger partial charge in [-0.05, 0) is 36.1 Å². The molecular formula is C21H24Cl2N2O3S. The Hall–Kier alpha value is -1.60. The lowest BCUT2D eigenvalue weighted by molar-refractivity contribution is -0.135. The number of sulfonamides is 1. The van der Waals surface area contributed by atoms with E-state index in [4.69, 9.17) is 23.2 Å². The maximum atomic E-state index is 12.9. The maximum Gasteiger partial charge on any atom is 0.227 e. The summed E-state index contributed by atoms with van der Waals surface area (Å²) in [5.74, 6) is -0.574. The molecule has 0 bridgehead atoms. The van der Waals surface area contributed by atoms with Gasteiger partial charge in [-0.3, -0.25) is 4.79 Å². The first kappa shape index (κ1) is 22.1. The zero-order chi connectivity index (χ0) is 21.0. The highest BCUT2D eigenvalue weighted by atomic mass is 35.5. The molecule has 1 heterocycles. The van der Waals surface area contributed by atoms with Crippen LogP contribution in [0.1, 0.15) is 24.0 Å². The van der Waals surface area contributed by atoms with Crippen molar-refractivity contribution in [2.24, 2.45) is 5.92 Å². The Labute approximate surface area is 182 Å². The van der Waals surface area contributed by atoms with E-state index in [1.807, 2.05) is 30.3 Å². The Balaban J connectivity index is 1.66. The summed E-state index contributed by atoms with van der Waals surface area (Å²) in [5.41, 5.74) is 1.55. The molecule has 8 heteroatoms. The predicted octanol–water partition coefficient (Wildman–Crippen LogP) is 4.19. The van der Waals surface area contributed by atoms with Crippen molar-refractivity contribution in [1.82, 2.24) is 9.21 Å². The molecule has 0 saturated carbocycles. The molecule has 5 nitrogen and oxygen atoms in total. The summed E-state index contributed by atoms with van der Waals surface area (Å²) in [4.78, 5) is 14.6. The third-order valence-corrected chi connectivity index (χ3v) is 7.50. The minimum absolute atomic E-state index is 0.0294. The van der Waals surface area contributed by atoms with Crippen molar-refractivity contribution in [2.45, 2.75) is 25.1 Å². The number of hydrogen-bond acceptors (Lipinski definition) is 3. The van der Waals surface area contributed by atoms with E-state index in [2.05, 4.69) is 0 Å². The van der Waals surface area contributed by atoms with Crippen molar-refractivity contribution >= 4 is 39.1 Å². The smallest absolute Gasteiger partial charge is 0.227 e. The number of nitrogens with zero attached hydrogens (tertiary/aromatic N) is 2. The van der Waals surface area contributed by atoms with Crippen LogP contribution in [0, 0.1) is 5.92 Å². The monoisotopic (exact) mass is 454 g/mol. The molecule has 0 aliphatic carbocycles. The average molecular weight is 455 g/mol. The van der Waals surface area contributed by atoms with Gasteiger partial charge in [0.05, 0.1) is 11.7 Å². The molecule has 1 amide bonds. The van der Waals surface area contributed by atoms with E-state index in [1.165, 1.54) is 10.4 Å². The van der Waals surface area contributed by atoms with E-state index in [-0.39, 0.29) is 24.1 Å². The largest absolute Gasteiger partial charge is 0.341 e. The second-order valence-corrected chi connectivity index (χ2v) is 10.2. The molecule has 1 atom stereocenters. The number of piperidine rings is 1. The SMILES string of the molecule is CN(Cc1ccccc1)C(=O)[C@@H]1CCCN(S(=O)(=O)Cc2ccc(Cl)cc2Cl)C1. The highest BCUT2D eigenvalue weighted by Crippen LogP contribution is 2.27. The van der Waals surface area contributed by atoms with Gasteiger partial charge in [0, 0.05) is 36.7 Å². The number of halogens is 2. The van der Waals surface area contributed by atoms with E-state index < -0.39 is 10.0 Å². The highest BCUT2D eigenvalue weighted by molar-refractivity contribution is 7.88. The van der Waals surface area contributed by atoms with Crippen molar-refractivity contribution in [1.29, 1.82) is 0 Å². The molecule has 156 valence electrons. The van der Waals surface area contributed by atoms with Gasteiger partial charge in [0.15, 0.2) is 0 Å². The lowest BCUT2D eigenvalue weighted by Crippen LogP contribution is -2.46. The molecule has 3 rings (SSSR count). The quantitative estimate of drug-likeness (QED) is 0.656. The van der Waals surface area contributed by atoms with E-state index in [0.29, 0.717) is 41.5 Å². The number of hydrogen-bond donors (Lipinski definition) is 0. The molecule has 1 aliphatic rings. The number of benzene rings is 2. The summed E-state index contributed by atoms with van der Waals surface area (Å²) < 4.78 is 27.3. The normalized spacial score (nSPS) is 17.8. The predicted molar refractivity (Wildman–Crippen MR) is 116 cm³/mol. The van der Waals surface area contributed by atoms with Crippen LogP contribution in [0.15, 0.2) is 48.5 Å². The number of amides is 1. The maximum absolute atomic E-state index is 12.9. The molecule has 0 unspecified atom stereocenters. The fourth-order valence-electron chi connectivity index (χ4n) is 3.57. The number of carbonyl (C=O) groups is 1. The van der Waals surface area contributed by atoms with Crippen LogP contribution in [0.2, 0.25) is 10.0 Å². The van der Waals surface area contributed by atoms with Crippen molar-refractivity contribution in [2.75, 3.05) is 20.1 Å². The van der Waals surface area contributed by atoms with Crippen molar-refractivity contribution < 1.29 is 13.2 Å². The molecule has 0 N–H and O–H groups in total. The van der Waals surface area contributed by atoms with E-state index in [1.54, 1.807) is 24.1 Å². The Kier molecular flexibility index (Phi) is 7.22. The summed E-state index contributed by atoms with van der Waals surface area (Å²) in [5, 5.41) is 0.787. The van der Waals surface area contributed by atoms with E-state index in [9.17, 15) is 13.2 Å². The topological polar surface area (TPSA) is 57.7 Å². The van der Waals surface area contributed by atoms with Crippen LogP contribution in [0.3, 0.4) is 0 Å². The first-order valence-corrected chi connectivity index (χ1v) is 11.8. The molecule has 2 aromatic rings. The zero-order valence-corrected chi connectivity index (χ0v) is 18.6. The second-order valence-electron chi connectivity index (χ2n) is 7.37. The molecule has 0 spiro atoms. The van der Waals surface area contributed by atoms with Gasteiger partial charge in [-0.25, -0.2) is 12.7 Å². The van der Waals surface area contributed by atoms with Crippen molar-refractivity contribution in [3.8, 4) is 0 Å². The van der Waals surface area contributed by atoms with E-state index in [0.717, 1.165) is 5.56 Å². The van der Waals surface area contributed by atoms with Crippen molar-refractivity contribution in [3.05, 3.63) is 69.7 Å². The first-order valence-electron chi connectivity index (χ1n) is 9.47. The van der Waals surface area contributed by atoms with Gasteiger partial charge in [0.25, 0.3) is 0 Å². The Morgan fingerprint density at radius 3 is 2.59 bits per heavy atom. The lowest BCUT2D eigenvalue weighted by Gasteiger charge is -2.33. The van der Waals surface area contributed by atoms with Crippen LogP contribution < -0.4 is 0 Å². The summed E-state index contributed by atoms with van der Waals surface area (Å²) in [6.45, 7) is 1.12. The standard InChI is InChI=1S/C21H24Cl2N2O3S/c1-24(13-16-6-3-2-4-7-16)21(26)17-8-5-11-25(14-17)29(27,28)15-18-9-10-19(22)12-20(18)23/h2-4,6-7,9-10,12,17H,5,8,11,13-15H2,1H3/t17-/m1/s1. The Morgan fingerprint density at radius 1 is 1.17 bits per heavy atom. The average Bonchev–Trinajstić information content (AvgIpc) is 2.70. The fourth-order valence-corrected chi connectivity index (χ4v) is 5.77. The minimum Gasteiger partial charge on any atom is -0.341 e. The fraction of sp³-hybridized carbons (Fsp3) is 0.381. The third kappa shape index (κ3) is 5.72. The molecule has 29 heavy (non-hydrogen) atoms. The Bertz CT molecular complexity index is 967. The van der Waals surface area contributed by atoms with Crippen LogP contribution >= 0.6 is 23.2 Å². The molecular weight excluding hydrogens is 431 g/mol. The molecule has 0 aromatic heterocycles. The van der Waals surface area contributed by atoms with Crippen LogP contribution in [0.4, 0.5) is 0 Å². The molecule has 1 saturated heterocycles. The number of rotatable bonds is 6. The summed E-state index contributed by atoms with van der Waals surface area (Å²) in [7, 11) is -1.83. The van der Waals surface area contributed by atoms with E-state index >= 15 is 0 Å². The van der Waals surface area contributed by atoms with Crippen LogP contribution in [-0.2, 0) is 27.1 Å². The van der Waals surface area contributed by atoms with Gasteiger partial charge in [-0.2, -0.15) is 0 Å². The third-order valence-electron chi connectivity index (χ3n) is 5.12. The lowest BCUT2D eigenvalue weighted by atomic mass is 9.98. The summed E-state index contributed by atoms with van der Waals surface area (Å²) in [6, 6.07) is 14.5. The molecule has 0 radical (unpaired) electrons. The van der Waals surface area contributed by atoms with Gasteiger partial charge in [-0.15, -0.1) is 0 Å². The van der Waals surface area contributed by atoms with Gasteiger partial charge in [-0.1, -0.05) is 59.6 Å². The molecule has 2 aromatic carbocycles. The van der Waals surface area contributed by atoms with Gasteiger partial charge in [0.2, 0.25) is 15.9 Å². The number of carbonyl (C=O) groups excluding carboxylic acids is 1. The second kappa shape index (κ2) is 9.47. The summed E-state index contributed by atoms with van der Waals surface area (Å²) in [6.07, 6.45) is 1.34. The molecule has 1 fully saturated rings. The highest BCUT2D eigenvalue weighted by Gasteiger charge is 2.33. The Morgan fingerprint density at radius 2 is 1.90 bits per heavy atom. The van der Waals surface area contributed by atoms with Gasteiger partial charge in [0.1, 0.15) is 0 Å². The van der Waals surface area contributed by atoms with Gasteiger partial charge < -0.3 is 4.90 Å². The summed E-state index contributed by atoms with van der Waals surface area (Å²) >= 11 is 12.0. The van der Waals surface area contributed by atoms with Gasteiger partial charge >= 0.3 is 0 Å². The van der Waals surface area contributed by atoms with Crippen LogP contribution in [-0.4, -0.2) is 43.7 Å². The van der Waals surface area contributed by atoms with Crippen LogP contribution in [0.25, 0.3) is 0 Å². The van der Waals surface area contributed by atoms with Crippen LogP contribution in [0.5, 0.6) is 0 Å². The van der Waals surface area contributed by atoms with Crippen molar-refractivity contribution in [3.63, 3.8) is 0 Å². The minimum atomic E-state index is -3.59. The molecule has 1 aliphatic heterocycles.